The van der Waals surface area contributed by atoms with Crippen LogP contribution in [0, 0.1) is 5.92 Å². The molecule has 1 aliphatic carbocycles. The van der Waals surface area contributed by atoms with Crippen molar-refractivity contribution in [3.05, 3.63) is 29.8 Å². The zero-order valence-electron chi connectivity index (χ0n) is 13.4. The summed E-state index contributed by atoms with van der Waals surface area (Å²) >= 11 is 0. The van der Waals surface area contributed by atoms with Gasteiger partial charge in [-0.05, 0) is 44.6 Å². The molecule has 2 N–H and O–H groups in total. The summed E-state index contributed by atoms with van der Waals surface area (Å²) in [6.07, 6.45) is 5.40. The number of nitrogens with one attached hydrogen (secondary N) is 1. The topological polar surface area (TPSA) is 41.5 Å². The molecule has 3 heteroatoms. The Morgan fingerprint density at radius 1 is 1.24 bits per heavy atom. The molecular formula is C18H29NO2. The number of hydrogen-bond acceptors (Lipinski definition) is 3. The van der Waals surface area contributed by atoms with E-state index in [0.717, 1.165) is 49.5 Å². The molecule has 0 atom stereocenters. The maximum atomic E-state index is 10.6. The number of ether oxygens (including phenoxy) is 1. The number of hydrogen-bond donors (Lipinski definition) is 2. The average molecular weight is 291 g/mol. The second-order valence-corrected chi connectivity index (χ2v) is 6.22. The molecule has 0 unspecified atom stereocenters. The second-order valence-electron chi connectivity index (χ2n) is 6.22. The molecule has 1 fully saturated rings. The molecule has 2 rings (SSSR count). The molecule has 21 heavy (non-hydrogen) atoms. The van der Waals surface area contributed by atoms with E-state index in [1.807, 2.05) is 25.1 Å². The van der Waals surface area contributed by atoms with Gasteiger partial charge in [-0.15, -0.1) is 0 Å². The molecule has 0 aliphatic heterocycles. The van der Waals surface area contributed by atoms with Gasteiger partial charge in [-0.3, -0.25) is 0 Å². The Kier molecular flexibility index (Phi) is 6.07. The summed E-state index contributed by atoms with van der Waals surface area (Å²) in [6, 6.07) is 8.10. The molecule has 0 bridgehead atoms. The molecule has 118 valence electrons. The smallest absolute Gasteiger partial charge is 0.123 e. The summed E-state index contributed by atoms with van der Waals surface area (Å²) in [4.78, 5) is 0. The minimum Gasteiger partial charge on any atom is -0.494 e. The van der Waals surface area contributed by atoms with Crippen molar-refractivity contribution in [1.29, 1.82) is 0 Å². The number of benzene rings is 1. The number of para-hydroxylation sites is 1. The summed E-state index contributed by atoms with van der Waals surface area (Å²) in [5.74, 6) is 1.75. The van der Waals surface area contributed by atoms with Crippen LogP contribution >= 0.6 is 0 Å². The van der Waals surface area contributed by atoms with Crippen LogP contribution in [-0.4, -0.2) is 23.9 Å². The molecule has 1 aromatic rings. The molecular weight excluding hydrogens is 262 g/mol. The van der Waals surface area contributed by atoms with Crippen molar-refractivity contribution in [3.8, 4) is 5.75 Å². The van der Waals surface area contributed by atoms with E-state index in [-0.39, 0.29) is 0 Å². The first-order valence-electron chi connectivity index (χ1n) is 8.30. The highest BCUT2D eigenvalue weighted by Crippen LogP contribution is 2.33. The van der Waals surface area contributed by atoms with Crippen LogP contribution in [0.15, 0.2) is 24.3 Å². The summed E-state index contributed by atoms with van der Waals surface area (Å²) in [5.41, 5.74) is 0.636. The third kappa shape index (κ3) is 4.72. The quantitative estimate of drug-likeness (QED) is 0.808. The summed E-state index contributed by atoms with van der Waals surface area (Å²) < 4.78 is 5.63. The Bertz CT molecular complexity index is 425. The average Bonchev–Trinajstić information content (AvgIpc) is 2.50. The molecule has 0 saturated heterocycles. The highest BCUT2D eigenvalue weighted by atomic mass is 16.5. The van der Waals surface area contributed by atoms with E-state index in [2.05, 4.69) is 18.3 Å². The van der Waals surface area contributed by atoms with E-state index in [4.69, 9.17) is 4.74 Å². The van der Waals surface area contributed by atoms with Gasteiger partial charge in [-0.2, -0.15) is 0 Å². The van der Waals surface area contributed by atoms with E-state index in [1.165, 1.54) is 6.42 Å². The lowest BCUT2D eigenvalue weighted by Gasteiger charge is -2.36. The maximum Gasteiger partial charge on any atom is 0.123 e. The van der Waals surface area contributed by atoms with Crippen molar-refractivity contribution in [2.45, 2.75) is 58.1 Å². The van der Waals surface area contributed by atoms with Gasteiger partial charge < -0.3 is 15.2 Å². The lowest BCUT2D eigenvalue weighted by molar-refractivity contribution is -0.00884. The largest absolute Gasteiger partial charge is 0.494 e. The van der Waals surface area contributed by atoms with E-state index in [1.54, 1.807) is 0 Å². The van der Waals surface area contributed by atoms with Crippen molar-refractivity contribution in [2.24, 2.45) is 5.92 Å². The van der Waals surface area contributed by atoms with Crippen LogP contribution in [0.5, 0.6) is 5.75 Å². The normalized spacial score (nSPS) is 25.8. The van der Waals surface area contributed by atoms with Gasteiger partial charge in [0.2, 0.25) is 0 Å². The second kappa shape index (κ2) is 7.81. The number of aliphatic hydroxyl groups is 1. The third-order valence-electron chi connectivity index (χ3n) is 4.66. The Labute approximate surface area is 128 Å². The standard InChI is InChI=1S/C18H29NO2/c1-3-15-9-11-18(20,12-10-15)14-19-13-16-7-5-6-8-17(16)21-4-2/h5-8,15,19-20H,3-4,9-14H2,1-2H3. The fraction of sp³-hybridized carbons (Fsp3) is 0.667. The predicted octanol–water partition coefficient (Wildman–Crippen LogP) is 3.51. The summed E-state index contributed by atoms with van der Waals surface area (Å²) in [7, 11) is 0. The predicted molar refractivity (Wildman–Crippen MR) is 86.5 cm³/mol. The summed E-state index contributed by atoms with van der Waals surface area (Å²) in [5, 5.41) is 14.1. The first-order chi connectivity index (χ1) is 10.2. The Morgan fingerprint density at radius 2 is 1.95 bits per heavy atom. The van der Waals surface area contributed by atoms with E-state index >= 15 is 0 Å². The Morgan fingerprint density at radius 3 is 2.62 bits per heavy atom. The molecule has 1 aliphatic rings. The molecule has 1 saturated carbocycles. The van der Waals surface area contributed by atoms with E-state index in [9.17, 15) is 5.11 Å². The summed E-state index contributed by atoms with van der Waals surface area (Å²) in [6.45, 7) is 6.34. The molecule has 0 aromatic heterocycles. The minimum absolute atomic E-state index is 0.522. The molecule has 0 radical (unpaired) electrons. The SMILES string of the molecule is CCOc1ccccc1CNCC1(O)CCC(CC)CC1. The fourth-order valence-corrected chi connectivity index (χ4v) is 3.18. The molecule has 1 aromatic carbocycles. The molecule has 0 spiro atoms. The van der Waals surface area contributed by atoms with Crippen LogP contribution in [0.1, 0.15) is 51.5 Å². The zero-order chi connectivity index (χ0) is 15.1. The Hall–Kier alpha value is -1.06. The van der Waals surface area contributed by atoms with Gasteiger partial charge in [-0.25, -0.2) is 0 Å². The van der Waals surface area contributed by atoms with Crippen LogP contribution < -0.4 is 10.1 Å². The maximum absolute atomic E-state index is 10.6. The molecule has 3 nitrogen and oxygen atoms in total. The van der Waals surface area contributed by atoms with Gasteiger partial charge in [-0.1, -0.05) is 31.5 Å². The fourth-order valence-electron chi connectivity index (χ4n) is 3.18. The van der Waals surface area contributed by atoms with Gasteiger partial charge in [0, 0.05) is 18.7 Å². The highest BCUT2D eigenvalue weighted by Gasteiger charge is 2.32. The van der Waals surface area contributed by atoms with Gasteiger partial charge >= 0.3 is 0 Å². The van der Waals surface area contributed by atoms with Crippen LogP contribution in [0.2, 0.25) is 0 Å². The third-order valence-corrected chi connectivity index (χ3v) is 4.66. The number of rotatable bonds is 7. The van der Waals surface area contributed by atoms with Crippen molar-refractivity contribution in [2.75, 3.05) is 13.2 Å². The monoisotopic (exact) mass is 291 g/mol. The van der Waals surface area contributed by atoms with Crippen LogP contribution in [-0.2, 0) is 6.54 Å². The zero-order valence-corrected chi connectivity index (χ0v) is 13.4. The van der Waals surface area contributed by atoms with E-state index < -0.39 is 5.60 Å². The van der Waals surface area contributed by atoms with Gasteiger partial charge in [0.15, 0.2) is 0 Å². The van der Waals surface area contributed by atoms with Crippen molar-refractivity contribution in [1.82, 2.24) is 5.32 Å². The van der Waals surface area contributed by atoms with Gasteiger partial charge in [0.25, 0.3) is 0 Å². The first kappa shape index (κ1) is 16.3. The molecule has 0 heterocycles. The Balaban J connectivity index is 1.81. The molecule has 0 amide bonds. The van der Waals surface area contributed by atoms with E-state index in [0.29, 0.717) is 13.2 Å². The minimum atomic E-state index is -0.522. The lowest BCUT2D eigenvalue weighted by atomic mass is 9.78. The van der Waals surface area contributed by atoms with Crippen molar-refractivity contribution < 1.29 is 9.84 Å². The van der Waals surface area contributed by atoms with Crippen molar-refractivity contribution >= 4 is 0 Å². The van der Waals surface area contributed by atoms with Gasteiger partial charge in [0.1, 0.15) is 5.75 Å². The van der Waals surface area contributed by atoms with Crippen LogP contribution in [0.4, 0.5) is 0 Å². The van der Waals surface area contributed by atoms with Gasteiger partial charge in [0.05, 0.1) is 12.2 Å². The van der Waals surface area contributed by atoms with Crippen molar-refractivity contribution in [3.63, 3.8) is 0 Å². The lowest BCUT2D eigenvalue weighted by Crippen LogP contribution is -2.43. The highest BCUT2D eigenvalue weighted by molar-refractivity contribution is 5.33. The first-order valence-corrected chi connectivity index (χ1v) is 8.30. The van der Waals surface area contributed by atoms with Crippen LogP contribution in [0.25, 0.3) is 0 Å². The van der Waals surface area contributed by atoms with Crippen LogP contribution in [0.3, 0.4) is 0 Å².